The predicted molar refractivity (Wildman–Crippen MR) is 76.4 cm³/mol. The van der Waals surface area contributed by atoms with Gasteiger partial charge in [0.05, 0.1) is 18.0 Å². The molecule has 20 heavy (non-hydrogen) atoms. The molecular weight excluding hydrogens is 278 g/mol. The first-order valence-corrected chi connectivity index (χ1v) is 7.87. The summed E-state index contributed by atoms with van der Waals surface area (Å²) in [5.41, 5.74) is 11.7. The van der Waals surface area contributed by atoms with Crippen LogP contribution in [0.2, 0.25) is 0 Å². The van der Waals surface area contributed by atoms with Crippen molar-refractivity contribution in [1.82, 2.24) is 0 Å². The summed E-state index contributed by atoms with van der Waals surface area (Å²) >= 11 is 0. The van der Waals surface area contributed by atoms with Gasteiger partial charge >= 0.3 is 5.96 Å². The number of nitrogens with zero attached hydrogens (tertiary/aromatic N) is 1. The zero-order valence-corrected chi connectivity index (χ0v) is 12.4. The Kier molecular flexibility index (Phi) is 5.97. The number of benzene rings is 1. The van der Waals surface area contributed by atoms with E-state index in [1.54, 1.807) is 12.1 Å². The Bertz CT molecular complexity index is 553. The minimum Gasteiger partial charge on any atom is -0.744 e. The smallest absolute Gasteiger partial charge is 0.341 e. The lowest BCUT2D eigenvalue weighted by atomic mass is 10.2. The topological polar surface area (TPSA) is 112 Å². The molecule has 4 N–H and O–H groups in total. The fraction of sp³-hybridized carbons (Fsp3) is 0.462. The second-order valence-corrected chi connectivity index (χ2v) is 6.12. The normalized spacial score (nSPS) is 15.2. The highest BCUT2D eigenvalue weighted by molar-refractivity contribution is 7.85. The van der Waals surface area contributed by atoms with Crippen LogP contribution in [0, 0.1) is 6.92 Å². The summed E-state index contributed by atoms with van der Waals surface area (Å²) in [4.78, 5) is -0.178. The molecule has 0 spiro atoms. The molecule has 7 heteroatoms. The molecule has 0 amide bonds. The molecule has 112 valence electrons. The van der Waals surface area contributed by atoms with E-state index in [0.717, 1.165) is 18.7 Å². The van der Waals surface area contributed by atoms with Gasteiger partial charge in [-0.1, -0.05) is 17.7 Å². The van der Waals surface area contributed by atoms with Gasteiger partial charge in [0.2, 0.25) is 0 Å². The molecule has 1 aromatic rings. The molecule has 0 bridgehead atoms. The van der Waals surface area contributed by atoms with Crippen molar-refractivity contribution in [2.75, 3.05) is 13.1 Å². The number of hydrogen-bond donors (Lipinski definition) is 2. The van der Waals surface area contributed by atoms with Gasteiger partial charge in [-0.25, -0.2) is 8.42 Å². The first kappa shape index (κ1) is 16.5. The van der Waals surface area contributed by atoms with Crippen LogP contribution in [-0.2, 0) is 10.1 Å². The van der Waals surface area contributed by atoms with Crippen molar-refractivity contribution in [3.8, 4) is 0 Å². The molecule has 1 heterocycles. The fourth-order valence-corrected chi connectivity index (χ4v) is 2.33. The third kappa shape index (κ3) is 5.58. The van der Waals surface area contributed by atoms with Crippen LogP contribution in [0.15, 0.2) is 29.2 Å². The van der Waals surface area contributed by atoms with E-state index in [1.807, 2.05) is 11.5 Å². The van der Waals surface area contributed by atoms with Crippen molar-refractivity contribution >= 4 is 16.1 Å². The lowest BCUT2D eigenvalue weighted by Crippen LogP contribution is -2.38. The van der Waals surface area contributed by atoms with Gasteiger partial charge in [0.15, 0.2) is 0 Å². The molecule has 1 aromatic carbocycles. The largest absolute Gasteiger partial charge is 0.744 e. The number of aryl methyl sites for hydroxylation is 1. The Balaban J connectivity index is 0.000000204. The summed E-state index contributed by atoms with van der Waals surface area (Å²) in [5.74, 6) is 0.481. The standard InChI is InChI=1S/C7H8O3S.C6H13N3/c1-6-2-4-7(5-3-6)11(8,9)10;7-6(8)9-4-2-1-3-5-9/h2-5H,1H3,(H,8,9,10);1-5H2,(H3,7,8). The number of piperidine rings is 1. The third-order valence-electron chi connectivity index (χ3n) is 3.03. The van der Waals surface area contributed by atoms with Crippen LogP contribution < -0.4 is 11.5 Å². The van der Waals surface area contributed by atoms with Gasteiger partial charge in [-0.2, -0.15) is 0 Å². The Morgan fingerprint density at radius 3 is 1.95 bits per heavy atom. The summed E-state index contributed by atoms with van der Waals surface area (Å²) in [6.45, 7) is 3.91. The zero-order valence-electron chi connectivity index (χ0n) is 11.6. The highest BCUT2D eigenvalue weighted by Gasteiger charge is 2.08. The maximum Gasteiger partial charge on any atom is 0.341 e. The Morgan fingerprint density at radius 2 is 1.60 bits per heavy atom. The van der Waals surface area contributed by atoms with Gasteiger partial charge < -0.3 is 4.55 Å². The highest BCUT2D eigenvalue weighted by atomic mass is 32.2. The number of guanidine groups is 1. The third-order valence-corrected chi connectivity index (χ3v) is 3.88. The van der Waals surface area contributed by atoms with Crippen LogP contribution in [-0.4, -0.2) is 36.6 Å². The van der Waals surface area contributed by atoms with Crippen molar-refractivity contribution in [2.45, 2.75) is 31.1 Å². The molecule has 1 fully saturated rings. The van der Waals surface area contributed by atoms with Gasteiger partial charge in [0.25, 0.3) is 0 Å². The van der Waals surface area contributed by atoms with Gasteiger partial charge in [0, 0.05) is 0 Å². The van der Waals surface area contributed by atoms with E-state index in [-0.39, 0.29) is 4.90 Å². The summed E-state index contributed by atoms with van der Waals surface area (Å²) in [5, 5.41) is 0. The molecule has 0 radical (unpaired) electrons. The van der Waals surface area contributed by atoms with Crippen LogP contribution in [0.4, 0.5) is 0 Å². The monoisotopic (exact) mass is 299 g/mol. The minimum atomic E-state index is -4.27. The van der Waals surface area contributed by atoms with Crippen LogP contribution in [0.1, 0.15) is 24.8 Å². The average Bonchev–Trinajstić information content (AvgIpc) is 2.40. The van der Waals surface area contributed by atoms with E-state index < -0.39 is 10.1 Å². The van der Waals surface area contributed by atoms with Gasteiger partial charge in [-0.3, -0.25) is 16.0 Å². The summed E-state index contributed by atoms with van der Waals surface area (Å²) in [6, 6.07) is 5.78. The molecule has 1 aliphatic rings. The van der Waals surface area contributed by atoms with Crippen molar-refractivity contribution in [3.63, 3.8) is 0 Å². The molecule has 2 rings (SSSR count). The highest BCUT2D eigenvalue weighted by Crippen LogP contribution is 2.08. The Labute approximate surface area is 119 Å². The van der Waals surface area contributed by atoms with Crippen LogP contribution >= 0.6 is 0 Å². The van der Waals surface area contributed by atoms with E-state index in [0.29, 0.717) is 5.96 Å². The minimum absolute atomic E-state index is 0.178. The first-order valence-electron chi connectivity index (χ1n) is 6.46. The summed E-state index contributed by atoms with van der Waals surface area (Å²) in [6.07, 6.45) is 3.79. The zero-order chi connectivity index (χ0) is 15.2. The van der Waals surface area contributed by atoms with Crippen molar-refractivity contribution < 1.29 is 17.5 Å². The lowest BCUT2D eigenvalue weighted by Gasteiger charge is -2.13. The van der Waals surface area contributed by atoms with Crippen LogP contribution in [0.3, 0.4) is 0 Å². The molecule has 0 saturated carbocycles. The number of rotatable bonds is 1. The summed E-state index contributed by atoms with van der Waals surface area (Å²) < 4.78 is 33.2. The number of nitrogens with two attached hydrogens (primary N) is 2. The van der Waals surface area contributed by atoms with Gasteiger partial charge in [0.1, 0.15) is 10.1 Å². The Morgan fingerprint density at radius 1 is 1.10 bits per heavy atom. The molecule has 0 atom stereocenters. The predicted octanol–water partition coefficient (Wildman–Crippen LogP) is 0.355. The number of hydrogen-bond acceptors (Lipinski definition) is 3. The molecule has 1 aliphatic heterocycles. The van der Waals surface area contributed by atoms with E-state index in [9.17, 15) is 13.0 Å². The van der Waals surface area contributed by atoms with Crippen molar-refractivity contribution in [2.24, 2.45) is 11.5 Å². The van der Waals surface area contributed by atoms with E-state index in [2.05, 4.69) is 0 Å². The van der Waals surface area contributed by atoms with Crippen molar-refractivity contribution in [1.29, 1.82) is 0 Å². The molecule has 0 aromatic heterocycles. The first-order chi connectivity index (χ1) is 9.30. The second kappa shape index (κ2) is 7.25. The summed E-state index contributed by atoms with van der Waals surface area (Å²) in [7, 11) is -4.27. The maximum atomic E-state index is 10.4. The van der Waals surface area contributed by atoms with E-state index >= 15 is 0 Å². The molecule has 1 saturated heterocycles. The molecule has 0 aliphatic carbocycles. The molecule has 0 unspecified atom stereocenters. The van der Waals surface area contributed by atoms with Gasteiger partial charge in [-0.15, -0.1) is 0 Å². The SMILES string of the molecule is Cc1ccc(S(=O)(=O)[O-])cc1.NC(N)=[N+]1CCCCC1. The second-order valence-electron chi connectivity index (χ2n) is 4.74. The van der Waals surface area contributed by atoms with Crippen molar-refractivity contribution in [3.05, 3.63) is 29.8 Å². The average molecular weight is 299 g/mol. The fourth-order valence-electron chi connectivity index (χ4n) is 1.86. The molecular formula is C13H21N3O3S. The van der Waals surface area contributed by atoms with Crippen LogP contribution in [0.25, 0.3) is 0 Å². The maximum absolute atomic E-state index is 10.4. The molecule has 6 nitrogen and oxygen atoms in total. The van der Waals surface area contributed by atoms with E-state index in [1.165, 1.54) is 31.4 Å². The van der Waals surface area contributed by atoms with E-state index in [4.69, 9.17) is 11.5 Å². The quantitative estimate of drug-likeness (QED) is 0.441. The lowest BCUT2D eigenvalue weighted by molar-refractivity contribution is -0.539. The Hall–Kier alpha value is -1.60. The van der Waals surface area contributed by atoms with Crippen LogP contribution in [0.5, 0.6) is 0 Å². The van der Waals surface area contributed by atoms with Gasteiger partial charge in [-0.05, 0) is 38.3 Å².